The third-order valence-corrected chi connectivity index (χ3v) is 9.75. The molecule has 2 amide bonds. The number of hydrogen-bond acceptors (Lipinski definition) is 7. The van der Waals surface area contributed by atoms with E-state index in [9.17, 15) is 14.4 Å². The largest absolute Gasteiger partial charge is 0.444 e. The molecule has 0 rings (SSSR count). The third kappa shape index (κ3) is 17.2. The molecule has 0 atom stereocenters. The standard InChI is InChI=1S/C25H49N3O6Si/c1-23(2,3)33-21(30)27-20(28-22(31)34-24(4,5)6)26-17-15-13-12-14-16-19(29)18-32-35(10,11)25(7,8)9/h12-18H2,1-11H3,(H2,26,27,28,30,31). The van der Waals surface area contributed by atoms with Gasteiger partial charge in [-0.15, -0.1) is 0 Å². The van der Waals surface area contributed by atoms with Gasteiger partial charge in [0.05, 0.1) is 6.61 Å². The van der Waals surface area contributed by atoms with Crippen molar-refractivity contribution < 1.29 is 28.3 Å². The van der Waals surface area contributed by atoms with Crippen molar-refractivity contribution in [3.05, 3.63) is 0 Å². The van der Waals surface area contributed by atoms with Crippen molar-refractivity contribution in [3.8, 4) is 0 Å². The van der Waals surface area contributed by atoms with Crippen LogP contribution in [0.3, 0.4) is 0 Å². The van der Waals surface area contributed by atoms with Crippen LogP contribution >= 0.6 is 0 Å². The van der Waals surface area contributed by atoms with Crippen molar-refractivity contribution in [1.29, 1.82) is 0 Å². The third-order valence-electron chi connectivity index (χ3n) is 5.27. The second-order valence-electron chi connectivity index (χ2n) is 12.2. The van der Waals surface area contributed by atoms with E-state index in [4.69, 9.17) is 13.9 Å². The predicted molar refractivity (Wildman–Crippen MR) is 142 cm³/mol. The first-order chi connectivity index (χ1) is 15.7. The zero-order valence-corrected chi connectivity index (χ0v) is 24.8. The highest BCUT2D eigenvalue weighted by Crippen LogP contribution is 2.36. The lowest BCUT2D eigenvalue weighted by Crippen LogP contribution is -2.47. The van der Waals surface area contributed by atoms with E-state index < -0.39 is 31.7 Å². The van der Waals surface area contributed by atoms with Gasteiger partial charge < -0.3 is 13.9 Å². The fraction of sp³-hybridized carbons (Fsp3) is 0.840. The summed E-state index contributed by atoms with van der Waals surface area (Å²) in [6.45, 7) is 21.8. The summed E-state index contributed by atoms with van der Waals surface area (Å²) in [5, 5.41) is 5.02. The van der Waals surface area contributed by atoms with Crippen molar-refractivity contribution >= 4 is 32.2 Å². The maximum absolute atomic E-state index is 12.2. The Bertz CT molecular complexity index is 699. The molecule has 0 bridgehead atoms. The summed E-state index contributed by atoms with van der Waals surface area (Å²) < 4.78 is 16.4. The number of ether oxygens (including phenoxy) is 2. The molecule has 10 heteroatoms. The fourth-order valence-corrected chi connectivity index (χ4v) is 3.39. The van der Waals surface area contributed by atoms with Gasteiger partial charge in [0.25, 0.3) is 0 Å². The minimum absolute atomic E-state index is 0.0218. The zero-order valence-electron chi connectivity index (χ0n) is 23.8. The molecule has 0 aliphatic heterocycles. The molecule has 0 aromatic rings. The Morgan fingerprint density at radius 3 is 1.63 bits per heavy atom. The number of alkyl carbamates (subject to hydrolysis) is 2. The monoisotopic (exact) mass is 515 g/mol. The van der Waals surface area contributed by atoms with E-state index >= 15 is 0 Å². The van der Waals surface area contributed by atoms with Gasteiger partial charge in [0.1, 0.15) is 11.2 Å². The van der Waals surface area contributed by atoms with E-state index in [-0.39, 0.29) is 23.4 Å². The number of guanidine groups is 1. The van der Waals surface area contributed by atoms with Gasteiger partial charge in [0.15, 0.2) is 14.1 Å². The van der Waals surface area contributed by atoms with Crippen LogP contribution in [0.1, 0.15) is 94.4 Å². The van der Waals surface area contributed by atoms with Crippen LogP contribution in [0, 0.1) is 0 Å². The minimum atomic E-state index is -1.91. The molecule has 0 spiro atoms. The van der Waals surface area contributed by atoms with E-state index in [1.165, 1.54) is 0 Å². The first-order valence-electron chi connectivity index (χ1n) is 12.4. The number of rotatable bonds is 10. The summed E-state index contributed by atoms with van der Waals surface area (Å²) in [5.74, 6) is 0.115. The van der Waals surface area contributed by atoms with Gasteiger partial charge in [0, 0.05) is 13.0 Å². The summed E-state index contributed by atoms with van der Waals surface area (Å²) >= 11 is 0. The van der Waals surface area contributed by atoms with E-state index in [0.29, 0.717) is 13.0 Å². The number of nitrogens with zero attached hydrogens (tertiary/aromatic N) is 1. The fourth-order valence-electron chi connectivity index (χ4n) is 2.44. The van der Waals surface area contributed by atoms with Crippen molar-refractivity contribution in [2.24, 2.45) is 4.99 Å². The quantitative estimate of drug-likeness (QED) is 0.161. The molecule has 0 aromatic heterocycles. The van der Waals surface area contributed by atoms with Crippen molar-refractivity contribution in [2.75, 3.05) is 13.2 Å². The molecule has 2 N–H and O–H groups in total. The Morgan fingerprint density at radius 2 is 1.20 bits per heavy atom. The van der Waals surface area contributed by atoms with Gasteiger partial charge in [-0.2, -0.15) is 0 Å². The summed E-state index contributed by atoms with van der Waals surface area (Å²) in [5.41, 5.74) is -1.37. The molecule has 0 saturated heterocycles. The molecule has 9 nitrogen and oxygen atoms in total. The topological polar surface area (TPSA) is 115 Å². The predicted octanol–water partition coefficient (Wildman–Crippen LogP) is 5.93. The number of unbranched alkanes of at least 4 members (excludes halogenated alkanes) is 3. The smallest absolute Gasteiger partial charge is 0.414 e. The van der Waals surface area contributed by atoms with Crippen LogP contribution in [0.5, 0.6) is 0 Å². The Balaban J connectivity index is 4.55. The molecule has 0 heterocycles. The first-order valence-corrected chi connectivity index (χ1v) is 15.3. The van der Waals surface area contributed by atoms with E-state index in [1.54, 1.807) is 41.5 Å². The maximum Gasteiger partial charge on any atom is 0.414 e. The van der Waals surface area contributed by atoms with Gasteiger partial charge in [-0.1, -0.05) is 33.6 Å². The summed E-state index contributed by atoms with van der Waals surface area (Å²) in [6, 6.07) is 0. The van der Waals surface area contributed by atoms with Crippen molar-refractivity contribution in [1.82, 2.24) is 10.6 Å². The Morgan fingerprint density at radius 1 is 0.743 bits per heavy atom. The average Bonchev–Trinajstić information content (AvgIpc) is 2.61. The second kappa shape index (κ2) is 14.0. The van der Waals surface area contributed by atoms with Crippen LogP contribution in [-0.2, 0) is 18.7 Å². The maximum atomic E-state index is 12.2. The second-order valence-corrected chi connectivity index (χ2v) is 17.0. The molecule has 0 aromatic carbocycles. The van der Waals surface area contributed by atoms with Crippen LogP contribution in [0.15, 0.2) is 4.99 Å². The van der Waals surface area contributed by atoms with Gasteiger partial charge in [-0.3, -0.25) is 20.4 Å². The molecule has 0 aliphatic rings. The summed E-state index contributed by atoms with van der Waals surface area (Å²) in [6.07, 6.45) is 2.36. The molecule has 0 fully saturated rings. The van der Waals surface area contributed by atoms with Gasteiger partial charge in [-0.25, -0.2) is 9.59 Å². The molecule has 204 valence electrons. The van der Waals surface area contributed by atoms with Crippen LogP contribution in [0.4, 0.5) is 9.59 Å². The lowest BCUT2D eigenvalue weighted by molar-refractivity contribution is -0.121. The van der Waals surface area contributed by atoms with Crippen LogP contribution in [0.2, 0.25) is 18.1 Å². The average molecular weight is 516 g/mol. The lowest BCUT2D eigenvalue weighted by atomic mass is 10.1. The highest BCUT2D eigenvalue weighted by Gasteiger charge is 2.37. The van der Waals surface area contributed by atoms with Crippen LogP contribution in [-0.4, -0.2) is 56.6 Å². The number of hydrogen-bond donors (Lipinski definition) is 2. The number of ketones is 1. The normalized spacial score (nSPS) is 12.5. The molecule has 0 unspecified atom stereocenters. The van der Waals surface area contributed by atoms with Gasteiger partial charge in [-0.05, 0) is 72.5 Å². The summed E-state index contributed by atoms with van der Waals surface area (Å²) in [4.78, 5) is 40.7. The van der Waals surface area contributed by atoms with Gasteiger partial charge in [0.2, 0.25) is 5.96 Å². The number of aliphatic imine (C=N–C) groups is 1. The van der Waals surface area contributed by atoms with Crippen molar-refractivity contribution in [3.63, 3.8) is 0 Å². The van der Waals surface area contributed by atoms with Crippen molar-refractivity contribution in [2.45, 2.75) is 124 Å². The zero-order chi connectivity index (χ0) is 27.5. The number of carbonyl (C=O) groups is 3. The van der Waals surface area contributed by atoms with E-state index in [1.807, 2.05) is 0 Å². The number of carbonyl (C=O) groups excluding carboxylic acids is 3. The Labute approximate surface area is 213 Å². The molecule has 0 radical (unpaired) electrons. The van der Waals surface area contributed by atoms with E-state index in [2.05, 4.69) is 49.5 Å². The molecule has 35 heavy (non-hydrogen) atoms. The van der Waals surface area contributed by atoms with Gasteiger partial charge >= 0.3 is 12.2 Å². The minimum Gasteiger partial charge on any atom is -0.444 e. The number of Topliss-reactive ketones (excluding diaryl/α,β-unsaturated/α-hetero) is 1. The van der Waals surface area contributed by atoms with Crippen LogP contribution < -0.4 is 10.6 Å². The molecular weight excluding hydrogens is 466 g/mol. The van der Waals surface area contributed by atoms with E-state index in [0.717, 1.165) is 25.7 Å². The SMILES string of the molecule is CC(C)(C)OC(=O)NC(=NCCCCCCC(=O)CO[Si](C)(C)C(C)(C)C)NC(=O)OC(C)(C)C. The number of nitrogens with one attached hydrogen (secondary N) is 2. The highest BCUT2D eigenvalue weighted by molar-refractivity contribution is 6.74. The Kier molecular flexibility index (Phi) is 13.2. The molecule has 0 aliphatic carbocycles. The van der Waals surface area contributed by atoms with Crippen LogP contribution in [0.25, 0.3) is 0 Å². The molecule has 0 saturated carbocycles. The lowest BCUT2D eigenvalue weighted by Gasteiger charge is -2.35. The summed E-state index contributed by atoms with van der Waals surface area (Å²) in [7, 11) is -1.91. The number of amides is 2. The molecular formula is C25H49N3O6Si. The first kappa shape index (κ1) is 33.1. The Hall–Kier alpha value is -1.94. The highest BCUT2D eigenvalue weighted by atomic mass is 28.4.